The second-order valence-corrected chi connectivity index (χ2v) is 7.95. The summed E-state index contributed by atoms with van der Waals surface area (Å²) in [5.74, 6) is 0.422. The fraction of sp³-hybridized carbons (Fsp3) is 0.846. The van der Waals surface area contributed by atoms with Gasteiger partial charge in [-0.15, -0.1) is 0 Å². The zero-order valence-electron chi connectivity index (χ0n) is 11.0. The molecule has 2 atom stereocenters. The van der Waals surface area contributed by atoms with Gasteiger partial charge < -0.3 is 10.0 Å². The molecule has 4 nitrogen and oxygen atoms in total. The third kappa shape index (κ3) is 4.31. The Morgan fingerprint density at radius 3 is 2.79 bits per heavy atom. The van der Waals surface area contributed by atoms with Gasteiger partial charge in [0.05, 0.1) is 0 Å². The Kier molecular flexibility index (Phi) is 5.88. The predicted molar refractivity (Wildman–Crippen MR) is 79.3 cm³/mol. The van der Waals surface area contributed by atoms with Crippen molar-refractivity contribution in [1.82, 2.24) is 4.90 Å². The lowest BCUT2D eigenvalue weighted by Crippen LogP contribution is -2.40. The van der Waals surface area contributed by atoms with Gasteiger partial charge in [-0.25, -0.2) is 4.79 Å². The number of unbranched alkanes of at least 4 members (excludes halogenated alkanes) is 1. The van der Waals surface area contributed by atoms with Crippen molar-refractivity contribution in [3.05, 3.63) is 0 Å². The Morgan fingerprint density at radius 1 is 1.26 bits per heavy atom. The average molecular weight is 303 g/mol. The van der Waals surface area contributed by atoms with E-state index in [0.717, 1.165) is 24.5 Å². The van der Waals surface area contributed by atoms with Gasteiger partial charge in [0, 0.05) is 24.0 Å². The Hall–Kier alpha value is -0.360. The molecule has 2 aliphatic rings. The summed E-state index contributed by atoms with van der Waals surface area (Å²) in [7, 11) is 3.92. The van der Waals surface area contributed by atoms with E-state index >= 15 is 0 Å². The van der Waals surface area contributed by atoms with Crippen molar-refractivity contribution < 1.29 is 14.7 Å². The number of hydrogen-bond donors (Lipinski definition) is 1. The number of nitrogens with zero attached hydrogens (tertiary/aromatic N) is 1. The minimum Gasteiger partial charge on any atom is -0.480 e. The second-order valence-electron chi connectivity index (χ2n) is 5.16. The van der Waals surface area contributed by atoms with E-state index in [4.69, 9.17) is 5.11 Å². The van der Waals surface area contributed by atoms with Crippen LogP contribution in [0.3, 0.4) is 0 Å². The normalized spacial score (nSPS) is 26.8. The molecule has 2 fully saturated rings. The minimum atomic E-state index is -0.856. The Labute approximate surface area is 122 Å². The van der Waals surface area contributed by atoms with Crippen LogP contribution in [0.2, 0.25) is 0 Å². The number of amides is 1. The SMILES string of the molecule is O=C(O)C1CCCN1C(=O)CCCCC1CCSS1. The molecule has 0 aromatic carbocycles. The first-order valence-electron chi connectivity index (χ1n) is 6.99. The first-order valence-corrected chi connectivity index (χ1v) is 9.37. The molecule has 0 aromatic rings. The maximum atomic E-state index is 12.0. The van der Waals surface area contributed by atoms with Crippen molar-refractivity contribution in [2.45, 2.75) is 56.2 Å². The smallest absolute Gasteiger partial charge is 0.326 e. The van der Waals surface area contributed by atoms with Crippen LogP contribution in [0.1, 0.15) is 44.9 Å². The largest absolute Gasteiger partial charge is 0.480 e. The van der Waals surface area contributed by atoms with E-state index in [1.54, 1.807) is 4.90 Å². The van der Waals surface area contributed by atoms with Crippen molar-refractivity contribution >= 4 is 33.5 Å². The predicted octanol–water partition coefficient (Wildman–Crippen LogP) is 2.78. The second kappa shape index (κ2) is 7.43. The zero-order chi connectivity index (χ0) is 13.7. The van der Waals surface area contributed by atoms with Crippen LogP contribution in [0.5, 0.6) is 0 Å². The van der Waals surface area contributed by atoms with Crippen LogP contribution in [0, 0.1) is 0 Å². The van der Waals surface area contributed by atoms with Gasteiger partial charge in [-0.3, -0.25) is 4.79 Å². The molecule has 19 heavy (non-hydrogen) atoms. The van der Waals surface area contributed by atoms with E-state index in [1.807, 2.05) is 21.6 Å². The first-order chi connectivity index (χ1) is 9.18. The van der Waals surface area contributed by atoms with Crippen molar-refractivity contribution in [3.63, 3.8) is 0 Å². The van der Waals surface area contributed by atoms with Crippen molar-refractivity contribution in [1.29, 1.82) is 0 Å². The molecule has 6 heteroatoms. The fourth-order valence-corrected chi connectivity index (χ4v) is 5.71. The Balaban J connectivity index is 1.64. The van der Waals surface area contributed by atoms with Gasteiger partial charge in [0.2, 0.25) is 5.91 Å². The molecule has 2 rings (SSSR count). The fourth-order valence-electron chi connectivity index (χ4n) is 2.68. The summed E-state index contributed by atoms with van der Waals surface area (Å²) in [5, 5.41) is 9.81. The number of carbonyl (C=O) groups is 2. The van der Waals surface area contributed by atoms with E-state index in [1.165, 1.54) is 18.6 Å². The highest BCUT2D eigenvalue weighted by Crippen LogP contribution is 2.39. The summed E-state index contributed by atoms with van der Waals surface area (Å²) in [6.07, 6.45) is 6.38. The number of rotatable bonds is 6. The molecule has 0 saturated carbocycles. The van der Waals surface area contributed by atoms with Crippen LogP contribution in [0.25, 0.3) is 0 Å². The molecule has 0 aliphatic carbocycles. The molecular formula is C13H21NO3S2. The molecule has 2 heterocycles. The van der Waals surface area contributed by atoms with Crippen molar-refractivity contribution in [2.75, 3.05) is 12.3 Å². The molecular weight excluding hydrogens is 282 g/mol. The van der Waals surface area contributed by atoms with Gasteiger partial charge in [-0.05, 0) is 32.1 Å². The molecule has 0 spiro atoms. The molecule has 2 aliphatic heterocycles. The number of likely N-dealkylation sites (tertiary alicyclic amines) is 1. The maximum absolute atomic E-state index is 12.0. The van der Waals surface area contributed by atoms with Gasteiger partial charge in [-0.2, -0.15) is 0 Å². The van der Waals surface area contributed by atoms with Crippen molar-refractivity contribution in [3.8, 4) is 0 Å². The molecule has 1 amide bonds. The van der Waals surface area contributed by atoms with Crippen LogP contribution in [-0.4, -0.2) is 45.5 Å². The molecule has 0 aromatic heterocycles. The monoisotopic (exact) mass is 303 g/mol. The molecule has 0 bridgehead atoms. The first kappa shape index (κ1) is 15.0. The van der Waals surface area contributed by atoms with Crippen LogP contribution >= 0.6 is 21.6 Å². The summed E-state index contributed by atoms with van der Waals surface area (Å²) >= 11 is 0. The molecule has 0 radical (unpaired) electrons. The van der Waals surface area contributed by atoms with Gasteiger partial charge in [0.15, 0.2) is 0 Å². The van der Waals surface area contributed by atoms with E-state index in [9.17, 15) is 9.59 Å². The van der Waals surface area contributed by atoms with Crippen LogP contribution in [0.15, 0.2) is 0 Å². The van der Waals surface area contributed by atoms with Crippen LogP contribution in [-0.2, 0) is 9.59 Å². The van der Waals surface area contributed by atoms with Gasteiger partial charge in [-0.1, -0.05) is 28.0 Å². The summed E-state index contributed by atoms with van der Waals surface area (Å²) in [4.78, 5) is 24.6. The molecule has 108 valence electrons. The lowest BCUT2D eigenvalue weighted by atomic mass is 10.1. The highest BCUT2D eigenvalue weighted by Gasteiger charge is 2.33. The third-order valence-corrected chi connectivity index (χ3v) is 6.76. The lowest BCUT2D eigenvalue weighted by Gasteiger charge is -2.21. The standard InChI is InChI=1S/C13H21NO3S2/c15-12(14-8-3-5-11(14)13(16)17)6-2-1-4-10-7-9-18-19-10/h10-11H,1-9H2,(H,16,17). The molecule has 2 unspecified atom stereocenters. The van der Waals surface area contributed by atoms with E-state index in [-0.39, 0.29) is 5.91 Å². The summed E-state index contributed by atoms with van der Waals surface area (Å²) in [5.41, 5.74) is 0. The van der Waals surface area contributed by atoms with Crippen LogP contribution in [0.4, 0.5) is 0 Å². The highest BCUT2D eigenvalue weighted by atomic mass is 33.1. The van der Waals surface area contributed by atoms with E-state index in [2.05, 4.69) is 0 Å². The van der Waals surface area contributed by atoms with Gasteiger partial charge in [0.1, 0.15) is 6.04 Å². The van der Waals surface area contributed by atoms with E-state index in [0.29, 0.717) is 19.4 Å². The Morgan fingerprint density at radius 2 is 2.11 bits per heavy atom. The summed E-state index contributed by atoms with van der Waals surface area (Å²) in [6.45, 7) is 0.616. The van der Waals surface area contributed by atoms with Gasteiger partial charge >= 0.3 is 5.97 Å². The third-order valence-electron chi connectivity index (χ3n) is 3.75. The van der Waals surface area contributed by atoms with Crippen LogP contribution < -0.4 is 0 Å². The number of carboxylic acids is 1. The summed E-state index contributed by atoms with van der Waals surface area (Å²) in [6, 6.07) is -0.575. The van der Waals surface area contributed by atoms with Crippen molar-refractivity contribution in [2.24, 2.45) is 0 Å². The number of carboxylic acid groups (broad SMARTS) is 1. The minimum absolute atomic E-state index is 0.0263. The topological polar surface area (TPSA) is 57.6 Å². The quantitative estimate of drug-likeness (QED) is 0.604. The summed E-state index contributed by atoms with van der Waals surface area (Å²) < 4.78 is 0. The maximum Gasteiger partial charge on any atom is 0.326 e. The Bertz CT molecular complexity index is 332. The lowest BCUT2D eigenvalue weighted by molar-refractivity contribution is -0.148. The molecule has 2 saturated heterocycles. The number of carbonyl (C=O) groups excluding carboxylic acids is 1. The average Bonchev–Trinajstić information content (AvgIpc) is 3.04. The zero-order valence-corrected chi connectivity index (χ0v) is 12.7. The molecule has 1 N–H and O–H groups in total. The number of aliphatic carboxylic acids is 1. The number of hydrogen-bond acceptors (Lipinski definition) is 4. The van der Waals surface area contributed by atoms with E-state index < -0.39 is 12.0 Å². The van der Waals surface area contributed by atoms with Gasteiger partial charge in [0.25, 0.3) is 0 Å². The highest BCUT2D eigenvalue weighted by molar-refractivity contribution is 8.77.